The minimum atomic E-state index is -7.24. The number of ether oxygens (including phenoxy) is 1. The largest absolute Gasteiger partial charge is 0.452 e. The number of alkyl halides is 14. The van der Waals surface area contributed by atoms with Crippen LogP contribution in [0.15, 0.2) is 0 Å². The molecule has 1 aliphatic heterocycles. The van der Waals surface area contributed by atoms with Gasteiger partial charge in [-0.3, -0.25) is 0 Å². The average Bonchev–Trinajstić information content (AvgIpc) is 2.16. The fraction of sp³-hybridized carbons (Fsp3) is 1.00. The van der Waals surface area contributed by atoms with Crippen molar-refractivity contribution in [3.63, 3.8) is 0 Å². The smallest absolute Gasteiger partial charge is 0.310 e. The number of rotatable bonds is 2. The molecule has 1 fully saturated rings. The average molecular weight is 399 g/mol. The minimum Gasteiger partial charge on any atom is -0.310 e. The monoisotopic (exact) mass is 398 g/mol. The highest BCUT2D eigenvalue weighted by Gasteiger charge is 3.05. The highest BCUT2D eigenvalue weighted by atomic mass is 35.5. The molecule has 0 aromatic rings. The fourth-order valence-corrected chi connectivity index (χ4v) is 2.46. The summed E-state index contributed by atoms with van der Waals surface area (Å²) in [5.41, 5.74) is -13.2. The molecule has 0 saturated carbocycles. The molecule has 0 bridgehead atoms. The van der Waals surface area contributed by atoms with Crippen LogP contribution in [0, 0.1) is 0 Å². The van der Waals surface area contributed by atoms with Gasteiger partial charge in [0.1, 0.15) is 0 Å². The lowest BCUT2D eigenvalue weighted by Gasteiger charge is -2.62. The first-order valence-corrected chi connectivity index (χ1v) is 5.31. The molecule has 2 unspecified atom stereocenters. The van der Waals surface area contributed by atoms with Crippen molar-refractivity contribution in [2.24, 2.45) is 0 Å². The molecule has 1 aliphatic rings. The van der Waals surface area contributed by atoms with Crippen LogP contribution >= 0.6 is 23.2 Å². The molecular weight excluding hydrogens is 399 g/mol. The van der Waals surface area contributed by atoms with Crippen molar-refractivity contribution in [2.45, 2.75) is 40.2 Å². The van der Waals surface area contributed by atoms with Crippen LogP contribution in [-0.4, -0.2) is 40.2 Å². The van der Waals surface area contributed by atoms with Gasteiger partial charge in [0.05, 0.1) is 0 Å². The van der Waals surface area contributed by atoms with Gasteiger partial charge in [-0.1, -0.05) is 0 Å². The molecule has 22 heavy (non-hydrogen) atoms. The lowest BCUT2D eigenvalue weighted by molar-refractivity contribution is -0.577. The van der Waals surface area contributed by atoms with Gasteiger partial charge in [0.15, 0.2) is 0 Å². The molecule has 2 atom stereocenters. The lowest BCUT2D eigenvalue weighted by atomic mass is 9.70. The Balaban J connectivity index is 3.80. The summed E-state index contributed by atoms with van der Waals surface area (Å²) in [4.78, 5) is 0. The first-order valence-electron chi connectivity index (χ1n) is 4.55. The summed E-state index contributed by atoms with van der Waals surface area (Å²) >= 11 is 7.69. The third-order valence-electron chi connectivity index (χ3n) is 2.78. The van der Waals surface area contributed by atoms with Gasteiger partial charge in [0, 0.05) is 0 Å². The molecule has 0 aromatic heterocycles. The van der Waals surface area contributed by atoms with Crippen molar-refractivity contribution in [2.75, 3.05) is 0 Å². The predicted molar refractivity (Wildman–Crippen MR) is 45.2 cm³/mol. The molecule has 0 aliphatic carbocycles. The number of hydrogen-bond acceptors (Lipinski definition) is 1. The van der Waals surface area contributed by atoms with Crippen molar-refractivity contribution in [1.29, 1.82) is 0 Å². The zero-order valence-electron chi connectivity index (χ0n) is 9.20. The molecule has 1 nitrogen and oxygen atoms in total. The van der Waals surface area contributed by atoms with Crippen molar-refractivity contribution in [3.05, 3.63) is 0 Å². The Bertz CT molecular complexity index is 446. The van der Waals surface area contributed by atoms with Crippen LogP contribution in [0.5, 0.6) is 0 Å². The molecule has 0 N–H and O–H groups in total. The molecule has 15 heteroatoms. The van der Waals surface area contributed by atoms with Gasteiger partial charge in [-0.2, -0.15) is 48.3 Å². The Labute approximate surface area is 122 Å². The van der Waals surface area contributed by atoms with Gasteiger partial charge in [0.25, 0.3) is 5.60 Å². The topological polar surface area (TPSA) is 9.23 Å². The van der Waals surface area contributed by atoms with Crippen molar-refractivity contribution in [1.82, 2.24) is 0 Å². The van der Waals surface area contributed by atoms with Crippen LogP contribution in [0.3, 0.4) is 0 Å². The van der Waals surface area contributed by atoms with E-state index < -0.39 is 40.2 Å². The summed E-state index contributed by atoms with van der Waals surface area (Å²) in [7, 11) is 0. The van der Waals surface area contributed by atoms with E-state index in [1.165, 1.54) is 0 Å². The summed E-state index contributed by atoms with van der Waals surface area (Å²) in [6, 6.07) is 0. The van der Waals surface area contributed by atoms with Crippen LogP contribution in [0.4, 0.5) is 52.7 Å². The molecule has 1 heterocycles. The molecular formula is C7Cl2F12O. The standard InChI is InChI=1S/C7Cl2F12O/c8-4(12,13)2(5(9,14)15)1(10,6(16,17)18)3(11,22-2)7(19,20)21. The summed E-state index contributed by atoms with van der Waals surface area (Å²) < 4.78 is 155. The van der Waals surface area contributed by atoms with Crippen LogP contribution in [0.25, 0.3) is 0 Å². The van der Waals surface area contributed by atoms with Crippen LogP contribution in [0.1, 0.15) is 0 Å². The molecule has 132 valence electrons. The van der Waals surface area contributed by atoms with E-state index >= 15 is 0 Å². The van der Waals surface area contributed by atoms with Crippen LogP contribution in [0.2, 0.25) is 0 Å². The van der Waals surface area contributed by atoms with Crippen molar-refractivity contribution >= 4 is 23.2 Å². The Kier molecular flexibility index (Phi) is 3.95. The van der Waals surface area contributed by atoms with Gasteiger partial charge in [-0.15, -0.1) is 0 Å². The summed E-state index contributed by atoms with van der Waals surface area (Å²) in [6.45, 7) is 0. The zero-order valence-corrected chi connectivity index (χ0v) is 10.7. The maximum atomic E-state index is 13.8. The van der Waals surface area contributed by atoms with Gasteiger partial charge in [-0.25, -0.2) is 4.39 Å². The lowest BCUT2D eigenvalue weighted by Crippen LogP contribution is -2.93. The van der Waals surface area contributed by atoms with Gasteiger partial charge < -0.3 is 4.74 Å². The number of hydrogen-bond donors (Lipinski definition) is 0. The third-order valence-corrected chi connectivity index (χ3v) is 3.31. The molecule has 0 aromatic carbocycles. The minimum absolute atomic E-state index is 2.40. The Morgan fingerprint density at radius 2 is 0.955 bits per heavy atom. The second kappa shape index (κ2) is 4.41. The first-order chi connectivity index (χ1) is 9.21. The fourth-order valence-electron chi connectivity index (χ4n) is 1.83. The quantitative estimate of drug-likeness (QED) is 0.474. The van der Waals surface area contributed by atoms with E-state index in [0.29, 0.717) is 0 Å². The summed E-state index contributed by atoms with van der Waals surface area (Å²) in [5, 5.41) is -12.4. The molecule has 0 radical (unpaired) electrons. The van der Waals surface area contributed by atoms with Crippen molar-refractivity contribution in [3.8, 4) is 0 Å². The Morgan fingerprint density at radius 3 is 1.14 bits per heavy atom. The van der Waals surface area contributed by atoms with Gasteiger partial charge >= 0.3 is 34.6 Å². The second-order valence-corrected chi connectivity index (χ2v) is 4.98. The van der Waals surface area contributed by atoms with Gasteiger partial charge in [-0.05, 0) is 23.2 Å². The van der Waals surface area contributed by atoms with Crippen molar-refractivity contribution < 1.29 is 57.4 Å². The highest BCUT2D eigenvalue weighted by molar-refractivity contribution is 6.26. The van der Waals surface area contributed by atoms with Gasteiger partial charge in [0.2, 0.25) is 0 Å². The van der Waals surface area contributed by atoms with E-state index in [2.05, 4.69) is 27.9 Å². The summed E-state index contributed by atoms with van der Waals surface area (Å²) in [5.74, 6) is -6.57. The maximum absolute atomic E-state index is 13.8. The van der Waals surface area contributed by atoms with E-state index in [1.807, 2.05) is 0 Å². The predicted octanol–water partition coefficient (Wildman–Crippen LogP) is 4.92. The highest BCUT2D eigenvalue weighted by Crippen LogP contribution is 2.74. The molecule has 0 amide bonds. The molecule has 1 rings (SSSR count). The van der Waals surface area contributed by atoms with Crippen LogP contribution in [-0.2, 0) is 4.74 Å². The SMILES string of the molecule is FC(F)(F)C1(F)OC(C(F)(F)Cl)(C(F)(F)Cl)C1(F)C(F)(F)F. The second-order valence-electron chi connectivity index (χ2n) is 4.03. The maximum Gasteiger partial charge on any atom is 0.452 e. The van der Waals surface area contributed by atoms with E-state index in [1.54, 1.807) is 0 Å². The summed E-state index contributed by atoms with van der Waals surface area (Å²) in [6.07, 6.45) is -14.2. The van der Waals surface area contributed by atoms with E-state index in [9.17, 15) is 52.7 Å². The first kappa shape index (κ1) is 19.7. The van der Waals surface area contributed by atoms with Crippen LogP contribution < -0.4 is 0 Å². The zero-order chi connectivity index (χ0) is 18.2. The van der Waals surface area contributed by atoms with E-state index in [4.69, 9.17) is 0 Å². The Hall–Kier alpha value is -0.300. The normalized spacial score (nSPS) is 33.5. The molecule has 1 saturated heterocycles. The molecule has 0 spiro atoms. The van der Waals surface area contributed by atoms with E-state index in [-0.39, 0.29) is 0 Å². The van der Waals surface area contributed by atoms with E-state index in [0.717, 1.165) is 0 Å². The number of halogens is 14. The Morgan fingerprint density at radius 1 is 0.636 bits per heavy atom. The third kappa shape index (κ3) is 1.93.